The minimum atomic E-state index is 0.162. The number of rotatable bonds is 2. The molecule has 1 aliphatic carbocycles. The van der Waals surface area contributed by atoms with Crippen LogP contribution in [0.25, 0.3) is 0 Å². The van der Waals surface area contributed by atoms with Crippen molar-refractivity contribution in [2.45, 2.75) is 31.7 Å². The normalized spacial score (nSPS) is 30.9. The second kappa shape index (κ2) is 3.05. The van der Waals surface area contributed by atoms with Gasteiger partial charge in [-0.2, -0.15) is 0 Å². The summed E-state index contributed by atoms with van der Waals surface area (Å²) in [5.74, 6) is 0.455. The molecule has 1 saturated heterocycles. The Morgan fingerprint density at radius 3 is 2.67 bits per heavy atom. The van der Waals surface area contributed by atoms with E-state index in [4.69, 9.17) is 5.11 Å². The Bertz CT molecular complexity index is 189. The predicted molar refractivity (Wildman–Crippen MR) is 44.5 cm³/mol. The zero-order valence-electron chi connectivity index (χ0n) is 7.20. The Morgan fingerprint density at radius 1 is 1.50 bits per heavy atom. The van der Waals surface area contributed by atoms with Crippen LogP contribution >= 0.6 is 0 Å². The van der Waals surface area contributed by atoms with Crippen molar-refractivity contribution >= 4 is 5.91 Å². The number of carbonyl (C=O) groups excluding carboxylic acids is 1. The van der Waals surface area contributed by atoms with Crippen LogP contribution in [-0.2, 0) is 4.79 Å². The van der Waals surface area contributed by atoms with Gasteiger partial charge in [-0.15, -0.1) is 0 Å². The molecule has 2 aliphatic rings. The van der Waals surface area contributed by atoms with Gasteiger partial charge in [0.1, 0.15) is 0 Å². The minimum Gasteiger partial charge on any atom is -0.396 e. The first-order valence-electron chi connectivity index (χ1n) is 4.71. The van der Waals surface area contributed by atoms with Gasteiger partial charge < -0.3 is 10.0 Å². The first-order chi connectivity index (χ1) is 5.81. The van der Waals surface area contributed by atoms with Crippen molar-refractivity contribution < 1.29 is 9.90 Å². The summed E-state index contributed by atoms with van der Waals surface area (Å²) in [6.07, 6.45) is 4.17. The minimum absolute atomic E-state index is 0.162. The van der Waals surface area contributed by atoms with Gasteiger partial charge in [-0.1, -0.05) is 0 Å². The van der Waals surface area contributed by atoms with Gasteiger partial charge in [-0.25, -0.2) is 0 Å². The molecular weight excluding hydrogens is 154 g/mol. The summed E-state index contributed by atoms with van der Waals surface area (Å²) in [6, 6.07) is 0.508. The van der Waals surface area contributed by atoms with E-state index in [1.165, 1.54) is 19.3 Å². The highest BCUT2D eigenvalue weighted by atomic mass is 16.3. The maximum atomic E-state index is 11.4. The van der Waals surface area contributed by atoms with Gasteiger partial charge in [0.25, 0.3) is 0 Å². The predicted octanol–water partition coefficient (Wildman–Crippen LogP) is 0.380. The lowest BCUT2D eigenvalue weighted by molar-refractivity contribution is -0.131. The second-order valence-electron chi connectivity index (χ2n) is 3.88. The highest BCUT2D eigenvalue weighted by Crippen LogP contribution is 2.30. The molecule has 1 amide bonds. The van der Waals surface area contributed by atoms with Crippen LogP contribution in [0.5, 0.6) is 0 Å². The third kappa shape index (κ3) is 1.22. The van der Waals surface area contributed by atoms with Crippen molar-refractivity contribution in [2.24, 2.45) is 5.92 Å². The van der Waals surface area contributed by atoms with Crippen molar-refractivity contribution in [2.75, 3.05) is 13.2 Å². The Balaban J connectivity index is 1.93. The quantitative estimate of drug-likeness (QED) is 0.649. The zero-order valence-corrected chi connectivity index (χ0v) is 7.20. The van der Waals surface area contributed by atoms with Crippen molar-refractivity contribution in [3.63, 3.8) is 0 Å². The Labute approximate surface area is 72.4 Å². The number of amides is 1. The molecule has 2 fully saturated rings. The standard InChI is InChI=1S/C9H15NO2/c11-6-7-4-9(12)10(5-7)8-2-1-3-8/h7-8,11H,1-6H2. The molecule has 0 spiro atoms. The van der Waals surface area contributed by atoms with Gasteiger partial charge in [0.2, 0.25) is 5.91 Å². The van der Waals surface area contributed by atoms with Gasteiger partial charge in [0.15, 0.2) is 0 Å². The number of likely N-dealkylation sites (tertiary alicyclic amines) is 1. The molecule has 0 aromatic heterocycles. The maximum absolute atomic E-state index is 11.4. The fourth-order valence-electron chi connectivity index (χ4n) is 1.98. The molecule has 68 valence electrons. The number of hydrogen-bond donors (Lipinski definition) is 1. The van der Waals surface area contributed by atoms with Crippen LogP contribution in [0.4, 0.5) is 0 Å². The van der Waals surface area contributed by atoms with Crippen LogP contribution in [0, 0.1) is 5.92 Å². The first kappa shape index (κ1) is 8.05. The third-order valence-electron chi connectivity index (χ3n) is 3.01. The van der Waals surface area contributed by atoms with E-state index in [9.17, 15) is 4.79 Å². The summed E-state index contributed by atoms with van der Waals surface area (Å²) in [6.45, 7) is 0.953. The lowest BCUT2D eigenvalue weighted by Gasteiger charge is -2.34. The van der Waals surface area contributed by atoms with Crippen molar-refractivity contribution in [1.29, 1.82) is 0 Å². The largest absolute Gasteiger partial charge is 0.396 e. The van der Waals surface area contributed by atoms with Gasteiger partial charge >= 0.3 is 0 Å². The molecule has 3 nitrogen and oxygen atoms in total. The summed E-state index contributed by atoms with van der Waals surface area (Å²) < 4.78 is 0. The monoisotopic (exact) mass is 169 g/mol. The SMILES string of the molecule is O=C1CC(CO)CN1C1CCC1. The molecule has 2 rings (SSSR count). The number of carbonyl (C=O) groups is 1. The fourth-order valence-corrected chi connectivity index (χ4v) is 1.98. The summed E-state index contributed by atoms with van der Waals surface area (Å²) in [4.78, 5) is 13.4. The maximum Gasteiger partial charge on any atom is 0.223 e. The Kier molecular flexibility index (Phi) is 2.05. The van der Waals surface area contributed by atoms with Crippen LogP contribution in [0.15, 0.2) is 0 Å². The van der Waals surface area contributed by atoms with Gasteiger partial charge in [-0.3, -0.25) is 4.79 Å². The molecular formula is C9H15NO2. The number of aliphatic hydroxyl groups is 1. The molecule has 1 saturated carbocycles. The zero-order chi connectivity index (χ0) is 8.55. The molecule has 1 N–H and O–H groups in total. The van der Waals surface area contributed by atoms with Crippen LogP contribution < -0.4 is 0 Å². The first-order valence-corrected chi connectivity index (χ1v) is 4.71. The topological polar surface area (TPSA) is 40.5 Å². The van der Waals surface area contributed by atoms with E-state index in [1.807, 2.05) is 4.90 Å². The van der Waals surface area contributed by atoms with E-state index in [0.717, 1.165) is 6.54 Å². The molecule has 0 radical (unpaired) electrons. The summed E-state index contributed by atoms with van der Waals surface area (Å²) >= 11 is 0. The molecule has 0 aromatic rings. The Morgan fingerprint density at radius 2 is 2.25 bits per heavy atom. The molecule has 1 unspecified atom stereocenters. The molecule has 1 aliphatic heterocycles. The van der Waals surface area contributed by atoms with Crippen LogP contribution in [0.1, 0.15) is 25.7 Å². The van der Waals surface area contributed by atoms with E-state index < -0.39 is 0 Å². The van der Waals surface area contributed by atoms with Crippen molar-refractivity contribution in [1.82, 2.24) is 4.90 Å². The van der Waals surface area contributed by atoms with Crippen LogP contribution in [0.3, 0.4) is 0 Å². The Hall–Kier alpha value is -0.570. The van der Waals surface area contributed by atoms with E-state index in [2.05, 4.69) is 0 Å². The van der Waals surface area contributed by atoms with E-state index in [-0.39, 0.29) is 18.4 Å². The summed E-state index contributed by atoms with van der Waals surface area (Å²) in [7, 11) is 0. The molecule has 0 aromatic carbocycles. The van der Waals surface area contributed by atoms with Gasteiger partial charge in [0, 0.05) is 31.5 Å². The molecule has 1 heterocycles. The summed E-state index contributed by atoms with van der Waals surface area (Å²) in [5, 5.41) is 8.90. The molecule has 3 heteroatoms. The highest BCUT2D eigenvalue weighted by Gasteiger charge is 2.36. The molecule has 1 atom stereocenters. The fraction of sp³-hybridized carbons (Fsp3) is 0.889. The average Bonchev–Trinajstić information content (AvgIpc) is 2.29. The van der Waals surface area contributed by atoms with E-state index in [0.29, 0.717) is 12.5 Å². The molecule has 12 heavy (non-hydrogen) atoms. The van der Waals surface area contributed by atoms with E-state index in [1.54, 1.807) is 0 Å². The summed E-state index contributed by atoms with van der Waals surface area (Å²) in [5.41, 5.74) is 0. The van der Waals surface area contributed by atoms with Crippen LogP contribution in [-0.4, -0.2) is 35.1 Å². The van der Waals surface area contributed by atoms with Gasteiger partial charge in [-0.05, 0) is 19.3 Å². The number of nitrogens with zero attached hydrogens (tertiary/aromatic N) is 1. The number of aliphatic hydroxyl groups excluding tert-OH is 1. The van der Waals surface area contributed by atoms with Crippen molar-refractivity contribution in [3.8, 4) is 0 Å². The molecule has 0 bridgehead atoms. The average molecular weight is 169 g/mol. The second-order valence-corrected chi connectivity index (χ2v) is 3.88. The smallest absolute Gasteiger partial charge is 0.223 e. The third-order valence-corrected chi connectivity index (χ3v) is 3.01. The van der Waals surface area contributed by atoms with Gasteiger partial charge in [0.05, 0.1) is 0 Å². The van der Waals surface area contributed by atoms with Crippen molar-refractivity contribution in [3.05, 3.63) is 0 Å². The lowest BCUT2D eigenvalue weighted by atomic mass is 9.92. The highest BCUT2D eigenvalue weighted by molar-refractivity contribution is 5.79. The number of hydrogen-bond acceptors (Lipinski definition) is 2. The lowest BCUT2D eigenvalue weighted by Crippen LogP contribution is -2.41. The van der Waals surface area contributed by atoms with Crippen LogP contribution in [0.2, 0.25) is 0 Å². The van der Waals surface area contributed by atoms with E-state index >= 15 is 0 Å².